The average Bonchev–Trinajstić information content (AvgIpc) is 2.69. The van der Waals surface area contributed by atoms with Crippen LogP contribution in [0.1, 0.15) is 65.2 Å². The number of hydrogen-bond donors (Lipinski definition) is 0. The van der Waals surface area contributed by atoms with Gasteiger partial charge < -0.3 is 9.47 Å². The maximum absolute atomic E-state index is 6.00. The summed E-state index contributed by atoms with van der Waals surface area (Å²) in [5.74, 6) is 1.84. The number of rotatable bonds is 9. The average molecular weight is 359 g/mol. The zero-order chi connectivity index (χ0) is 18.5. The summed E-state index contributed by atoms with van der Waals surface area (Å²) < 4.78 is 12.0. The van der Waals surface area contributed by atoms with Gasteiger partial charge in [0.05, 0.1) is 25.4 Å². The van der Waals surface area contributed by atoms with Crippen molar-refractivity contribution in [2.45, 2.75) is 77.4 Å². The van der Waals surface area contributed by atoms with Crippen LogP contribution in [0.5, 0.6) is 0 Å². The van der Waals surface area contributed by atoms with Crippen LogP contribution in [-0.2, 0) is 9.47 Å². The molecule has 0 radical (unpaired) electrons. The molecule has 0 spiro atoms. The first-order valence-corrected chi connectivity index (χ1v) is 10.6. The Morgan fingerprint density at radius 1 is 0.577 bits per heavy atom. The van der Waals surface area contributed by atoms with Gasteiger partial charge in [0, 0.05) is 0 Å². The van der Waals surface area contributed by atoms with E-state index in [-0.39, 0.29) is 0 Å². The van der Waals surface area contributed by atoms with Gasteiger partial charge in [0.25, 0.3) is 0 Å². The normalized spacial score (nSPS) is 31.0. The zero-order valence-electron chi connectivity index (χ0n) is 16.8. The molecular weight excluding hydrogens is 320 g/mol. The molecule has 2 aliphatic carbocycles. The summed E-state index contributed by atoms with van der Waals surface area (Å²) in [6.45, 7) is 5.58. The smallest absolute Gasteiger partial charge is 0.0654 e. The number of hydrogen-bond acceptors (Lipinski definition) is 2. The van der Waals surface area contributed by atoms with E-state index in [0.29, 0.717) is 12.2 Å². The van der Waals surface area contributed by atoms with E-state index in [9.17, 15) is 0 Å². The monoisotopic (exact) mass is 358 g/mol. The Hall–Kier alpha value is -1.12. The van der Waals surface area contributed by atoms with E-state index < -0.39 is 0 Å². The van der Waals surface area contributed by atoms with Crippen LogP contribution in [-0.4, -0.2) is 25.4 Å². The van der Waals surface area contributed by atoms with Crippen molar-refractivity contribution in [3.8, 4) is 0 Å². The van der Waals surface area contributed by atoms with Crippen molar-refractivity contribution in [1.82, 2.24) is 0 Å². The highest BCUT2D eigenvalue weighted by atomic mass is 16.5. The SMILES string of the molecule is C/C=C/C=C/COC1CCC(C2CCC(OC/C=C/C=C/C)CC2)CC1. The van der Waals surface area contributed by atoms with Crippen LogP contribution in [0.3, 0.4) is 0 Å². The lowest BCUT2D eigenvalue weighted by Crippen LogP contribution is -2.30. The van der Waals surface area contributed by atoms with Crippen LogP contribution >= 0.6 is 0 Å². The van der Waals surface area contributed by atoms with E-state index in [1.165, 1.54) is 51.4 Å². The summed E-state index contributed by atoms with van der Waals surface area (Å²) in [6, 6.07) is 0. The second kappa shape index (κ2) is 13.1. The van der Waals surface area contributed by atoms with Gasteiger partial charge in [0.1, 0.15) is 0 Å². The molecule has 2 heteroatoms. The van der Waals surface area contributed by atoms with Crippen molar-refractivity contribution in [3.05, 3.63) is 48.6 Å². The zero-order valence-corrected chi connectivity index (χ0v) is 16.8. The highest BCUT2D eigenvalue weighted by Gasteiger charge is 2.31. The number of ether oxygens (including phenoxy) is 2. The first-order chi connectivity index (χ1) is 12.8. The molecule has 0 aliphatic heterocycles. The molecule has 0 N–H and O–H groups in total. The van der Waals surface area contributed by atoms with Gasteiger partial charge in [-0.3, -0.25) is 0 Å². The maximum Gasteiger partial charge on any atom is 0.0654 e. The third-order valence-electron chi connectivity index (χ3n) is 5.84. The minimum atomic E-state index is 0.477. The summed E-state index contributed by atoms with van der Waals surface area (Å²) in [5.41, 5.74) is 0. The van der Waals surface area contributed by atoms with E-state index in [2.05, 4.69) is 36.5 Å². The minimum absolute atomic E-state index is 0.477. The van der Waals surface area contributed by atoms with Gasteiger partial charge in [-0.25, -0.2) is 0 Å². The maximum atomic E-state index is 6.00. The highest BCUT2D eigenvalue weighted by molar-refractivity contribution is 5.01. The van der Waals surface area contributed by atoms with Crippen molar-refractivity contribution < 1.29 is 9.47 Å². The Labute approximate surface area is 161 Å². The third-order valence-corrected chi connectivity index (χ3v) is 5.84. The Morgan fingerprint density at radius 3 is 1.31 bits per heavy atom. The predicted octanol–water partition coefficient (Wildman–Crippen LogP) is 6.40. The molecule has 2 nitrogen and oxygen atoms in total. The molecule has 2 fully saturated rings. The Balaban J connectivity index is 1.58. The summed E-state index contributed by atoms with van der Waals surface area (Å²) in [5, 5.41) is 0. The fraction of sp³-hybridized carbons (Fsp3) is 0.667. The van der Waals surface area contributed by atoms with Gasteiger partial charge in [-0.15, -0.1) is 0 Å². The van der Waals surface area contributed by atoms with Crippen LogP contribution in [0.2, 0.25) is 0 Å². The van der Waals surface area contributed by atoms with E-state index in [1.54, 1.807) is 0 Å². The van der Waals surface area contributed by atoms with Gasteiger partial charge in [-0.05, 0) is 77.0 Å². The van der Waals surface area contributed by atoms with Crippen molar-refractivity contribution >= 4 is 0 Å². The molecule has 0 aromatic rings. The first kappa shape index (κ1) is 21.2. The first-order valence-electron chi connectivity index (χ1n) is 10.6. The lowest BCUT2D eigenvalue weighted by molar-refractivity contribution is 0.00196. The standard InChI is InChI=1S/C24H38O2/c1-3-5-7-9-19-25-23-15-11-21(12-16-23)22-13-17-24(18-14-22)26-20-10-8-6-4-2/h3-10,21-24H,11-20H2,1-2H3/b5-3+,6-4+,9-7+,10-8+. The highest BCUT2D eigenvalue weighted by Crippen LogP contribution is 2.39. The summed E-state index contributed by atoms with van der Waals surface area (Å²) in [6.07, 6.45) is 27.9. The molecule has 0 aromatic heterocycles. The van der Waals surface area contributed by atoms with E-state index in [4.69, 9.17) is 9.47 Å². The molecule has 146 valence electrons. The second-order valence-corrected chi connectivity index (χ2v) is 7.65. The van der Waals surface area contributed by atoms with Crippen LogP contribution < -0.4 is 0 Å². The van der Waals surface area contributed by atoms with Crippen LogP contribution in [0.25, 0.3) is 0 Å². The summed E-state index contributed by atoms with van der Waals surface area (Å²) in [4.78, 5) is 0. The molecule has 0 amide bonds. The molecule has 0 heterocycles. The topological polar surface area (TPSA) is 18.5 Å². The number of allylic oxidation sites excluding steroid dienone is 6. The van der Waals surface area contributed by atoms with Crippen LogP contribution in [0.15, 0.2) is 48.6 Å². The lowest BCUT2D eigenvalue weighted by Gasteiger charge is -2.37. The van der Waals surface area contributed by atoms with Crippen LogP contribution in [0.4, 0.5) is 0 Å². The Bertz CT molecular complexity index is 415. The molecule has 0 bridgehead atoms. The van der Waals surface area contributed by atoms with Gasteiger partial charge in [0.2, 0.25) is 0 Å². The molecule has 0 saturated heterocycles. The minimum Gasteiger partial charge on any atom is -0.374 e. The molecule has 0 unspecified atom stereocenters. The summed E-state index contributed by atoms with van der Waals surface area (Å²) in [7, 11) is 0. The van der Waals surface area contributed by atoms with Crippen LogP contribution in [0, 0.1) is 11.8 Å². The van der Waals surface area contributed by atoms with E-state index in [1.807, 2.05) is 26.0 Å². The van der Waals surface area contributed by atoms with Crippen molar-refractivity contribution in [1.29, 1.82) is 0 Å². The molecule has 2 saturated carbocycles. The quantitative estimate of drug-likeness (QED) is 0.444. The fourth-order valence-corrected chi connectivity index (χ4v) is 4.33. The van der Waals surface area contributed by atoms with Crippen molar-refractivity contribution in [2.75, 3.05) is 13.2 Å². The van der Waals surface area contributed by atoms with E-state index in [0.717, 1.165) is 25.0 Å². The molecule has 2 rings (SSSR count). The van der Waals surface area contributed by atoms with Crippen molar-refractivity contribution in [3.63, 3.8) is 0 Å². The lowest BCUT2D eigenvalue weighted by atomic mass is 9.72. The molecule has 2 aliphatic rings. The van der Waals surface area contributed by atoms with E-state index >= 15 is 0 Å². The fourth-order valence-electron chi connectivity index (χ4n) is 4.33. The Kier molecular flexibility index (Phi) is 10.7. The van der Waals surface area contributed by atoms with Crippen molar-refractivity contribution in [2.24, 2.45) is 11.8 Å². The molecule has 0 atom stereocenters. The van der Waals surface area contributed by atoms with Gasteiger partial charge in [-0.1, -0.05) is 48.6 Å². The predicted molar refractivity (Wildman–Crippen MR) is 111 cm³/mol. The molecular formula is C24H38O2. The second-order valence-electron chi connectivity index (χ2n) is 7.65. The van der Waals surface area contributed by atoms with Gasteiger partial charge in [-0.2, -0.15) is 0 Å². The largest absolute Gasteiger partial charge is 0.374 e. The van der Waals surface area contributed by atoms with Gasteiger partial charge >= 0.3 is 0 Å². The third kappa shape index (κ3) is 8.05. The summed E-state index contributed by atoms with van der Waals surface area (Å²) >= 11 is 0. The molecule has 26 heavy (non-hydrogen) atoms. The molecule has 0 aromatic carbocycles. The Morgan fingerprint density at radius 2 is 0.962 bits per heavy atom. The van der Waals surface area contributed by atoms with Gasteiger partial charge in [0.15, 0.2) is 0 Å².